The number of hydrogen-bond donors (Lipinski definition) is 1. The molecular weight excluding hydrogens is 230 g/mol. The van der Waals surface area contributed by atoms with E-state index in [0.717, 1.165) is 12.1 Å². The first-order chi connectivity index (χ1) is 8.08. The maximum atomic E-state index is 6.22. The van der Waals surface area contributed by atoms with Crippen LogP contribution in [0.15, 0.2) is 23.7 Å². The molecule has 0 fully saturated rings. The van der Waals surface area contributed by atoms with Gasteiger partial charge in [0.05, 0.1) is 5.69 Å². The fourth-order valence-electron chi connectivity index (χ4n) is 1.86. The van der Waals surface area contributed by atoms with Gasteiger partial charge in [0.15, 0.2) is 0 Å². The quantitative estimate of drug-likeness (QED) is 0.905. The van der Waals surface area contributed by atoms with Crippen LogP contribution in [0.25, 0.3) is 0 Å². The summed E-state index contributed by atoms with van der Waals surface area (Å²) < 4.78 is 1.98. The number of nitrogens with zero attached hydrogens (tertiary/aromatic N) is 2. The summed E-state index contributed by atoms with van der Waals surface area (Å²) >= 11 is 1.73. The summed E-state index contributed by atoms with van der Waals surface area (Å²) in [6, 6.07) is 4.64. The molecule has 2 heterocycles. The molecule has 1 unspecified atom stereocenters. The van der Waals surface area contributed by atoms with Gasteiger partial charge >= 0.3 is 0 Å². The van der Waals surface area contributed by atoms with Gasteiger partial charge in [-0.3, -0.25) is 4.68 Å². The lowest BCUT2D eigenvalue weighted by Gasteiger charge is -2.09. The van der Waals surface area contributed by atoms with Crippen LogP contribution in [-0.2, 0) is 6.42 Å². The molecule has 3 nitrogen and oxygen atoms in total. The van der Waals surface area contributed by atoms with Crippen molar-refractivity contribution in [2.24, 2.45) is 5.73 Å². The van der Waals surface area contributed by atoms with Gasteiger partial charge in [0.1, 0.15) is 0 Å². The number of rotatable bonds is 4. The van der Waals surface area contributed by atoms with Crippen molar-refractivity contribution >= 4 is 11.3 Å². The van der Waals surface area contributed by atoms with Crippen molar-refractivity contribution in [1.82, 2.24) is 9.78 Å². The van der Waals surface area contributed by atoms with E-state index in [-0.39, 0.29) is 6.04 Å². The topological polar surface area (TPSA) is 43.8 Å². The van der Waals surface area contributed by atoms with Crippen molar-refractivity contribution in [2.45, 2.75) is 39.3 Å². The van der Waals surface area contributed by atoms with Crippen molar-refractivity contribution in [1.29, 1.82) is 0 Å². The third-order valence-corrected chi connectivity index (χ3v) is 4.01. The lowest BCUT2D eigenvalue weighted by atomic mass is 10.1. The smallest absolute Gasteiger partial charge is 0.0643 e. The highest BCUT2D eigenvalue weighted by molar-refractivity contribution is 7.10. The molecular formula is C13H19N3S. The molecule has 0 bridgehead atoms. The van der Waals surface area contributed by atoms with Gasteiger partial charge in [0.2, 0.25) is 0 Å². The van der Waals surface area contributed by atoms with E-state index in [9.17, 15) is 0 Å². The van der Waals surface area contributed by atoms with Crippen molar-refractivity contribution in [2.75, 3.05) is 0 Å². The molecule has 4 heteroatoms. The van der Waals surface area contributed by atoms with E-state index in [1.54, 1.807) is 11.3 Å². The third kappa shape index (κ3) is 2.76. The van der Waals surface area contributed by atoms with Crippen LogP contribution >= 0.6 is 11.3 Å². The van der Waals surface area contributed by atoms with Crippen molar-refractivity contribution in [3.05, 3.63) is 39.8 Å². The van der Waals surface area contributed by atoms with E-state index in [2.05, 4.69) is 43.4 Å². The largest absolute Gasteiger partial charge is 0.323 e. The summed E-state index contributed by atoms with van der Waals surface area (Å²) in [5, 5.41) is 6.63. The molecule has 0 spiro atoms. The molecule has 0 radical (unpaired) electrons. The molecule has 92 valence electrons. The van der Waals surface area contributed by atoms with Gasteiger partial charge in [-0.2, -0.15) is 5.10 Å². The first kappa shape index (κ1) is 12.3. The summed E-state index contributed by atoms with van der Waals surface area (Å²) in [6.07, 6.45) is 2.83. The maximum absolute atomic E-state index is 6.22. The Hall–Kier alpha value is -1.13. The first-order valence-electron chi connectivity index (χ1n) is 5.91. The van der Waals surface area contributed by atoms with Crippen molar-refractivity contribution < 1.29 is 0 Å². The number of aromatic nitrogens is 2. The molecule has 0 aliphatic carbocycles. The minimum Gasteiger partial charge on any atom is -0.323 e. The summed E-state index contributed by atoms with van der Waals surface area (Å²) in [7, 11) is 0. The van der Waals surface area contributed by atoms with Crippen LogP contribution in [-0.4, -0.2) is 9.78 Å². The molecule has 0 amide bonds. The lowest BCUT2D eigenvalue weighted by Crippen LogP contribution is -2.13. The van der Waals surface area contributed by atoms with Crippen LogP contribution in [0.3, 0.4) is 0 Å². The summed E-state index contributed by atoms with van der Waals surface area (Å²) in [4.78, 5) is 1.27. The Balaban J connectivity index is 2.08. The predicted octanol–water partition coefficient (Wildman–Crippen LogP) is 3.08. The summed E-state index contributed by atoms with van der Waals surface area (Å²) in [6.45, 7) is 6.36. The van der Waals surface area contributed by atoms with Crippen LogP contribution in [0.4, 0.5) is 0 Å². The van der Waals surface area contributed by atoms with Crippen LogP contribution in [0.1, 0.15) is 42.1 Å². The number of thiophene rings is 1. The Morgan fingerprint density at radius 3 is 2.71 bits per heavy atom. The zero-order valence-electron chi connectivity index (χ0n) is 10.6. The number of hydrogen-bond acceptors (Lipinski definition) is 3. The summed E-state index contributed by atoms with van der Waals surface area (Å²) in [5.74, 6) is 0. The monoisotopic (exact) mass is 249 g/mol. The van der Waals surface area contributed by atoms with E-state index in [0.29, 0.717) is 6.04 Å². The van der Waals surface area contributed by atoms with Crippen LogP contribution in [0.2, 0.25) is 0 Å². The molecule has 0 saturated carbocycles. The molecule has 0 aliphatic heterocycles. The van der Waals surface area contributed by atoms with Crippen LogP contribution < -0.4 is 5.73 Å². The minimum absolute atomic E-state index is 0.0607. The average molecular weight is 249 g/mol. The van der Waals surface area contributed by atoms with Crippen LogP contribution in [0, 0.1) is 6.92 Å². The maximum Gasteiger partial charge on any atom is 0.0643 e. The van der Waals surface area contributed by atoms with E-state index in [1.807, 2.05) is 10.9 Å². The van der Waals surface area contributed by atoms with Crippen LogP contribution in [0.5, 0.6) is 0 Å². The predicted molar refractivity (Wildman–Crippen MR) is 72.3 cm³/mol. The fourth-order valence-corrected chi connectivity index (χ4v) is 2.79. The zero-order chi connectivity index (χ0) is 12.4. The Labute approximate surface area is 106 Å². The molecule has 0 aromatic carbocycles. The van der Waals surface area contributed by atoms with Gasteiger partial charge in [-0.05, 0) is 43.8 Å². The first-order valence-corrected chi connectivity index (χ1v) is 6.79. The summed E-state index contributed by atoms with van der Waals surface area (Å²) in [5.41, 5.74) is 8.57. The van der Waals surface area contributed by atoms with Crippen molar-refractivity contribution in [3.8, 4) is 0 Å². The van der Waals surface area contributed by atoms with E-state index in [1.165, 1.54) is 10.4 Å². The second-order valence-corrected chi connectivity index (χ2v) is 5.61. The van der Waals surface area contributed by atoms with Gasteiger partial charge < -0.3 is 5.73 Å². The minimum atomic E-state index is 0.0607. The third-order valence-electron chi connectivity index (χ3n) is 2.86. The second-order valence-electron chi connectivity index (χ2n) is 4.66. The SMILES string of the molecule is Cc1ccsc1C(N)Cc1ccn(C(C)C)n1. The molecule has 2 N–H and O–H groups in total. The van der Waals surface area contributed by atoms with E-state index < -0.39 is 0 Å². The highest BCUT2D eigenvalue weighted by atomic mass is 32.1. The average Bonchev–Trinajstić information content (AvgIpc) is 2.86. The fraction of sp³-hybridized carbons (Fsp3) is 0.462. The molecule has 2 aromatic heterocycles. The highest BCUT2D eigenvalue weighted by Gasteiger charge is 2.13. The van der Waals surface area contributed by atoms with Gasteiger partial charge in [0.25, 0.3) is 0 Å². The standard InChI is InChI=1S/C13H19N3S/c1-9(2)16-6-4-11(15-16)8-12(14)13-10(3)5-7-17-13/h4-7,9,12H,8,14H2,1-3H3. The Kier molecular flexibility index (Phi) is 3.64. The molecule has 0 aliphatic rings. The number of nitrogens with two attached hydrogens (primary N) is 1. The molecule has 17 heavy (non-hydrogen) atoms. The Bertz CT molecular complexity index is 484. The molecule has 2 rings (SSSR count). The van der Waals surface area contributed by atoms with Crippen molar-refractivity contribution in [3.63, 3.8) is 0 Å². The van der Waals surface area contributed by atoms with Gasteiger partial charge in [0, 0.05) is 29.6 Å². The van der Waals surface area contributed by atoms with Gasteiger partial charge in [-0.15, -0.1) is 11.3 Å². The normalized spacial score (nSPS) is 13.2. The molecule has 0 saturated heterocycles. The Morgan fingerprint density at radius 1 is 1.41 bits per heavy atom. The second kappa shape index (κ2) is 5.02. The molecule has 1 atom stereocenters. The van der Waals surface area contributed by atoms with E-state index >= 15 is 0 Å². The molecule has 2 aromatic rings. The lowest BCUT2D eigenvalue weighted by molar-refractivity contribution is 0.523. The van der Waals surface area contributed by atoms with Gasteiger partial charge in [-0.1, -0.05) is 0 Å². The Morgan fingerprint density at radius 2 is 2.18 bits per heavy atom. The highest BCUT2D eigenvalue weighted by Crippen LogP contribution is 2.24. The van der Waals surface area contributed by atoms with Gasteiger partial charge in [-0.25, -0.2) is 0 Å². The zero-order valence-corrected chi connectivity index (χ0v) is 11.4. The van der Waals surface area contributed by atoms with E-state index in [4.69, 9.17) is 5.73 Å². The number of aryl methyl sites for hydroxylation is 1.